The van der Waals surface area contributed by atoms with Gasteiger partial charge in [-0.3, -0.25) is 14.4 Å². The maximum atomic E-state index is 13.2. The van der Waals surface area contributed by atoms with Gasteiger partial charge in [0, 0.05) is 19.8 Å². The molecule has 192 valence electrons. The topological polar surface area (TPSA) is 120 Å². The number of hydrogen-bond acceptors (Lipinski definition) is 5. The van der Waals surface area contributed by atoms with Gasteiger partial charge in [-0.25, -0.2) is 4.39 Å². The minimum atomic E-state index is -0.996. The van der Waals surface area contributed by atoms with E-state index in [0.717, 1.165) is 11.0 Å². The van der Waals surface area contributed by atoms with E-state index < -0.39 is 53.9 Å². The number of nitrogens with one attached hydrogen (secondary N) is 2. The van der Waals surface area contributed by atoms with Gasteiger partial charge >= 0.3 is 7.12 Å². The van der Waals surface area contributed by atoms with Crippen LogP contribution < -0.4 is 21.8 Å². The van der Waals surface area contributed by atoms with Crippen molar-refractivity contribution in [2.75, 3.05) is 0 Å². The van der Waals surface area contributed by atoms with Crippen molar-refractivity contribution < 1.29 is 28.1 Å². The standard InChI is InChI=1S/C26H33BFN3O5/c1-16(32)30-22(15-18-8-12-20(28)13-9-18)24(34)31-21(23(29)33)14-17-6-10-19(11-7-17)27-35-25(2,3)26(4,5)36-27/h6-13,21-22H,14-15H2,1-5H3,(H2,29,33)(H,30,32)(H,31,34)/t21-,22+/m0/s1. The van der Waals surface area contributed by atoms with E-state index in [-0.39, 0.29) is 12.8 Å². The Labute approximate surface area is 211 Å². The molecule has 1 aliphatic heterocycles. The van der Waals surface area contributed by atoms with Gasteiger partial charge in [0.25, 0.3) is 0 Å². The summed E-state index contributed by atoms with van der Waals surface area (Å²) in [7, 11) is -0.513. The summed E-state index contributed by atoms with van der Waals surface area (Å²) >= 11 is 0. The van der Waals surface area contributed by atoms with Gasteiger partial charge in [-0.1, -0.05) is 36.4 Å². The lowest BCUT2D eigenvalue weighted by Crippen LogP contribution is -2.54. The van der Waals surface area contributed by atoms with Crippen LogP contribution in [0.2, 0.25) is 0 Å². The first-order valence-corrected chi connectivity index (χ1v) is 11.8. The van der Waals surface area contributed by atoms with Gasteiger partial charge in [-0.15, -0.1) is 0 Å². The van der Waals surface area contributed by atoms with Crippen molar-refractivity contribution in [3.05, 3.63) is 65.5 Å². The Morgan fingerprint density at radius 2 is 1.33 bits per heavy atom. The fourth-order valence-electron chi connectivity index (χ4n) is 3.83. The van der Waals surface area contributed by atoms with Crippen LogP contribution in [0.4, 0.5) is 4.39 Å². The number of nitrogens with two attached hydrogens (primary N) is 1. The van der Waals surface area contributed by atoms with Crippen LogP contribution in [-0.2, 0) is 36.5 Å². The SMILES string of the molecule is CC(=O)N[C@H](Cc1ccc(F)cc1)C(=O)N[C@@H](Cc1ccc(B2OC(C)(C)C(C)(C)O2)cc1)C(N)=O. The van der Waals surface area contributed by atoms with Gasteiger partial charge in [0.1, 0.15) is 17.9 Å². The van der Waals surface area contributed by atoms with E-state index >= 15 is 0 Å². The van der Waals surface area contributed by atoms with E-state index in [1.54, 1.807) is 0 Å². The highest BCUT2D eigenvalue weighted by Gasteiger charge is 2.51. The number of hydrogen-bond donors (Lipinski definition) is 3. The Balaban J connectivity index is 1.68. The highest BCUT2D eigenvalue weighted by atomic mass is 19.1. The molecule has 4 N–H and O–H groups in total. The van der Waals surface area contributed by atoms with E-state index in [1.807, 2.05) is 52.0 Å². The average molecular weight is 497 g/mol. The van der Waals surface area contributed by atoms with Crippen molar-refractivity contribution in [3.63, 3.8) is 0 Å². The molecule has 0 spiro atoms. The molecule has 36 heavy (non-hydrogen) atoms. The highest BCUT2D eigenvalue weighted by molar-refractivity contribution is 6.62. The quantitative estimate of drug-likeness (QED) is 0.453. The lowest BCUT2D eigenvalue weighted by molar-refractivity contribution is -0.130. The van der Waals surface area contributed by atoms with Crippen molar-refractivity contribution in [2.24, 2.45) is 5.73 Å². The summed E-state index contributed by atoms with van der Waals surface area (Å²) in [6.07, 6.45) is 0.286. The number of primary amides is 1. The summed E-state index contributed by atoms with van der Waals surface area (Å²) in [4.78, 5) is 36.8. The lowest BCUT2D eigenvalue weighted by Gasteiger charge is -2.32. The number of rotatable bonds is 9. The molecule has 0 aromatic heterocycles. The van der Waals surface area contributed by atoms with Gasteiger partial charge in [0.15, 0.2) is 0 Å². The Kier molecular flexibility index (Phi) is 8.21. The zero-order valence-corrected chi connectivity index (χ0v) is 21.3. The van der Waals surface area contributed by atoms with Crippen molar-refractivity contribution in [1.82, 2.24) is 10.6 Å². The van der Waals surface area contributed by atoms with Crippen LogP contribution in [0.3, 0.4) is 0 Å². The third kappa shape index (κ3) is 6.70. The van der Waals surface area contributed by atoms with Crippen LogP contribution in [0, 0.1) is 5.82 Å². The predicted molar refractivity (Wildman–Crippen MR) is 135 cm³/mol. The largest absolute Gasteiger partial charge is 0.494 e. The average Bonchev–Trinajstić information content (AvgIpc) is 3.01. The number of carbonyl (C=O) groups excluding carboxylic acids is 3. The Morgan fingerprint density at radius 1 is 0.861 bits per heavy atom. The Morgan fingerprint density at radius 3 is 1.81 bits per heavy atom. The molecule has 3 rings (SSSR count). The molecule has 1 fully saturated rings. The van der Waals surface area contributed by atoms with Gasteiger partial charge in [-0.2, -0.15) is 0 Å². The molecule has 10 heteroatoms. The molecule has 0 aliphatic carbocycles. The maximum absolute atomic E-state index is 13.2. The number of carbonyl (C=O) groups is 3. The molecule has 2 aromatic carbocycles. The third-order valence-corrected chi connectivity index (χ3v) is 6.65. The molecular formula is C26H33BFN3O5. The second-order valence-electron chi connectivity index (χ2n) is 10.1. The number of halogens is 1. The number of amides is 3. The molecule has 0 bridgehead atoms. The predicted octanol–water partition coefficient (Wildman–Crippen LogP) is 1.38. The van der Waals surface area contributed by atoms with Gasteiger partial charge in [0.05, 0.1) is 11.2 Å². The molecule has 3 amide bonds. The van der Waals surface area contributed by atoms with Gasteiger partial charge in [-0.05, 0) is 56.4 Å². The van der Waals surface area contributed by atoms with Crippen LogP contribution in [-0.4, -0.2) is 48.1 Å². The van der Waals surface area contributed by atoms with E-state index in [0.29, 0.717) is 5.56 Å². The minimum Gasteiger partial charge on any atom is -0.399 e. The smallest absolute Gasteiger partial charge is 0.399 e. The monoisotopic (exact) mass is 497 g/mol. The summed E-state index contributed by atoms with van der Waals surface area (Å²) < 4.78 is 25.4. The zero-order chi connectivity index (χ0) is 26.7. The summed E-state index contributed by atoms with van der Waals surface area (Å²) in [5.41, 5.74) is 6.90. The molecule has 0 radical (unpaired) electrons. The van der Waals surface area contributed by atoms with E-state index in [9.17, 15) is 18.8 Å². The van der Waals surface area contributed by atoms with Crippen molar-refractivity contribution in [3.8, 4) is 0 Å². The van der Waals surface area contributed by atoms with Crippen LogP contribution >= 0.6 is 0 Å². The van der Waals surface area contributed by atoms with Crippen LogP contribution in [0.1, 0.15) is 45.7 Å². The van der Waals surface area contributed by atoms with E-state index in [4.69, 9.17) is 15.0 Å². The first-order valence-electron chi connectivity index (χ1n) is 11.8. The summed E-state index contributed by atoms with van der Waals surface area (Å²) in [5.74, 6) is -2.09. The van der Waals surface area contributed by atoms with E-state index in [2.05, 4.69) is 10.6 Å². The highest BCUT2D eigenvalue weighted by Crippen LogP contribution is 2.36. The molecule has 2 atom stereocenters. The molecule has 0 unspecified atom stereocenters. The fourth-order valence-corrected chi connectivity index (χ4v) is 3.83. The van der Waals surface area contributed by atoms with Crippen molar-refractivity contribution in [1.29, 1.82) is 0 Å². The van der Waals surface area contributed by atoms with Crippen molar-refractivity contribution in [2.45, 2.75) is 70.7 Å². The number of benzene rings is 2. The van der Waals surface area contributed by atoms with Crippen LogP contribution in [0.15, 0.2) is 48.5 Å². The molecule has 1 heterocycles. The van der Waals surface area contributed by atoms with E-state index in [1.165, 1.54) is 31.2 Å². The molecule has 2 aromatic rings. The summed E-state index contributed by atoms with van der Waals surface area (Å²) in [6.45, 7) is 9.20. The van der Waals surface area contributed by atoms with Gasteiger partial charge < -0.3 is 25.7 Å². The summed E-state index contributed by atoms with van der Waals surface area (Å²) in [5, 5.41) is 5.22. The first-order chi connectivity index (χ1) is 16.8. The molecule has 1 aliphatic rings. The van der Waals surface area contributed by atoms with Crippen LogP contribution in [0.25, 0.3) is 0 Å². The first kappa shape index (κ1) is 27.4. The third-order valence-electron chi connectivity index (χ3n) is 6.65. The zero-order valence-electron chi connectivity index (χ0n) is 21.3. The molecule has 1 saturated heterocycles. The van der Waals surface area contributed by atoms with Crippen molar-refractivity contribution >= 4 is 30.3 Å². The Bertz CT molecular complexity index is 1090. The second-order valence-corrected chi connectivity index (χ2v) is 10.1. The maximum Gasteiger partial charge on any atom is 0.494 e. The Hall–Kier alpha value is -3.24. The molecule has 0 saturated carbocycles. The molecular weight excluding hydrogens is 464 g/mol. The fraction of sp³-hybridized carbons (Fsp3) is 0.423. The minimum absolute atomic E-state index is 0.125. The normalized spacial score (nSPS) is 17.8. The van der Waals surface area contributed by atoms with Gasteiger partial charge in [0.2, 0.25) is 17.7 Å². The second kappa shape index (κ2) is 10.8. The van der Waals surface area contributed by atoms with Crippen LogP contribution in [0.5, 0.6) is 0 Å². The molecule has 8 nitrogen and oxygen atoms in total. The summed E-state index contributed by atoms with van der Waals surface area (Å²) in [6, 6.07) is 11.0. The lowest BCUT2D eigenvalue weighted by atomic mass is 9.78.